The van der Waals surface area contributed by atoms with E-state index >= 15 is 0 Å². The minimum atomic E-state index is -0.485. The maximum Gasteiger partial charge on any atom is 0.0881 e. The van der Waals surface area contributed by atoms with Crippen LogP contribution in [-0.2, 0) is 5.75 Å². The van der Waals surface area contributed by atoms with Crippen LogP contribution in [0.1, 0.15) is 17.2 Å². The first-order valence-corrected chi connectivity index (χ1v) is 7.54. The lowest BCUT2D eigenvalue weighted by Crippen LogP contribution is -2.01. The number of nitrogens with two attached hydrogens (primary N) is 1. The van der Waals surface area contributed by atoms with Crippen LogP contribution in [0.25, 0.3) is 0 Å². The van der Waals surface area contributed by atoms with Crippen molar-refractivity contribution < 1.29 is 5.11 Å². The number of rotatable bonds is 5. The van der Waals surface area contributed by atoms with Crippen molar-refractivity contribution in [3.63, 3.8) is 0 Å². The predicted octanol–water partition coefficient (Wildman–Crippen LogP) is 3.89. The van der Waals surface area contributed by atoms with Crippen molar-refractivity contribution in [2.24, 2.45) is 0 Å². The average Bonchev–Trinajstić information content (AvgIpc) is 2.41. The summed E-state index contributed by atoms with van der Waals surface area (Å²) in [5.74, 6) is 1.50. The second-order valence-electron chi connectivity index (χ2n) is 4.33. The topological polar surface area (TPSA) is 46.2 Å². The zero-order chi connectivity index (χ0) is 13.7. The Labute approximate surface area is 122 Å². The van der Waals surface area contributed by atoms with Crippen molar-refractivity contribution in [1.29, 1.82) is 0 Å². The molecule has 2 aromatic rings. The van der Waals surface area contributed by atoms with E-state index in [9.17, 15) is 5.11 Å². The molecule has 0 bridgehead atoms. The highest BCUT2D eigenvalue weighted by molar-refractivity contribution is 7.98. The third-order valence-corrected chi connectivity index (χ3v) is 4.09. The molecule has 2 nitrogen and oxygen atoms in total. The van der Waals surface area contributed by atoms with E-state index in [1.807, 2.05) is 48.5 Å². The fourth-order valence-corrected chi connectivity index (χ4v) is 2.82. The summed E-state index contributed by atoms with van der Waals surface area (Å²) >= 11 is 7.52. The molecule has 0 aliphatic heterocycles. The van der Waals surface area contributed by atoms with Gasteiger partial charge in [-0.2, -0.15) is 11.8 Å². The molecule has 2 aromatic carbocycles. The molecule has 0 heterocycles. The van der Waals surface area contributed by atoms with Gasteiger partial charge in [-0.05, 0) is 35.4 Å². The van der Waals surface area contributed by atoms with Gasteiger partial charge in [-0.1, -0.05) is 35.9 Å². The number of thioether (sulfide) groups is 1. The van der Waals surface area contributed by atoms with Gasteiger partial charge in [-0.15, -0.1) is 0 Å². The van der Waals surface area contributed by atoms with Gasteiger partial charge in [0.25, 0.3) is 0 Å². The fraction of sp³-hybridized carbons (Fsp3) is 0.200. The number of benzene rings is 2. The molecule has 19 heavy (non-hydrogen) atoms. The molecule has 0 saturated carbocycles. The van der Waals surface area contributed by atoms with Gasteiger partial charge in [0, 0.05) is 22.2 Å². The Balaban J connectivity index is 1.84. The zero-order valence-electron chi connectivity index (χ0n) is 10.4. The number of aliphatic hydroxyl groups is 1. The van der Waals surface area contributed by atoms with Crippen molar-refractivity contribution in [1.82, 2.24) is 0 Å². The zero-order valence-corrected chi connectivity index (χ0v) is 12.0. The van der Waals surface area contributed by atoms with Gasteiger partial charge in [0.05, 0.1) is 6.10 Å². The predicted molar refractivity (Wildman–Crippen MR) is 83.4 cm³/mol. The van der Waals surface area contributed by atoms with E-state index in [0.717, 1.165) is 16.3 Å². The Hall–Kier alpha value is -1.16. The van der Waals surface area contributed by atoms with E-state index in [-0.39, 0.29) is 0 Å². The minimum absolute atomic E-state index is 0.485. The van der Waals surface area contributed by atoms with Crippen molar-refractivity contribution in [2.45, 2.75) is 11.9 Å². The van der Waals surface area contributed by atoms with E-state index in [1.165, 1.54) is 5.56 Å². The smallest absolute Gasteiger partial charge is 0.0881 e. The summed E-state index contributed by atoms with van der Waals surface area (Å²) in [6.45, 7) is 0. The van der Waals surface area contributed by atoms with Gasteiger partial charge >= 0.3 is 0 Å². The lowest BCUT2D eigenvalue weighted by Gasteiger charge is -2.11. The van der Waals surface area contributed by atoms with Crippen LogP contribution in [0.2, 0.25) is 5.02 Å². The van der Waals surface area contributed by atoms with Crippen LogP contribution in [0.15, 0.2) is 48.5 Å². The number of nitrogen functional groups attached to an aromatic ring is 1. The monoisotopic (exact) mass is 293 g/mol. The van der Waals surface area contributed by atoms with Crippen LogP contribution in [-0.4, -0.2) is 10.9 Å². The highest BCUT2D eigenvalue weighted by atomic mass is 35.5. The molecule has 0 aromatic heterocycles. The summed E-state index contributed by atoms with van der Waals surface area (Å²) in [6.07, 6.45) is -0.485. The largest absolute Gasteiger partial charge is 0.399 e. The van der Waals surface area contributed by atoms with Crippen LogP contribution in [0.3, 0.4) is 0 Å². The second-order valence-corrected chi connectivity index (χ2v) is 5.79. The maximum absolute atomic E-state index is 10.1. The van der Waals surface area contributed by atoms with E-state index < -0.39 is 6.10 Å². The molecule has 100 valence electrons. The molecule has 0 aliphatic rings. The van der Waals surface area contributed by atoms with Gasteiger partial charge in [0.2, 0.25) is 0 Å². The Bertz CT molecular complexity index is 530. The number of aliphatic hydroxyl groups excluding tert-OH is 1. The van der Waals surface area contributed by atoms with E-state index in [2.05, 4.69) is 0 Å². The highest BCUT2D eigenvalue weighted by Gasteiger charge is 2.07. The maximum atomic E-state index is 10.1. The van der Waals surface area contributed by atoms with Gasteiger partial charge < -0.3 is 10.8 Å². The Morgan fingerprint density at radius 2 is 1.89 bits per heavy atom. The lowest BCUT2D eigenvalue weighted by atomic mass is 10.1. The SMILES string of the molecule is Nc1cccc(C(O)CSCc2ccc(Cl)cc2)c1. The van der Waals surface area contributed by atoms with Gasteiger partial charge in [-0.3, -0.25) is 0 Å². The van der Waals surface area contributed by atoms with E-state index in [1.54, 1.807) is 11.8 Å². The van der Waals surface area contributed by atoms with Crippen molar-refractivity contribution in [3.8, 4) is 0 Å². The molecule has 0 spiro atoms. The van der Waals surface area contributed by atoms with Crippen molar-refractivity contribution in [2.75, 3.05) is 11.5 Å². The average molecular weight is 294 g/mol. The molecular weight excluding hydrogens is 278 g/mol. The molecule has 0 aliphatic carbocycles. The molecule has 2 rings (SSSR count). The standard InChI is InChI=1S/C15H16ClNOS/c16-13-6-4-11(5-7-13)9-19-10-15(18)12-2-1-3-14(17)8-12/h1-8,15,18H,9-10,17H2. The molecular formula is C15H16ClNOS. The van der Waals surface area contributed by atoms with E-state index in [0.29, 0.717) is 11.4 Å². The number of hydrogen-bond donors (Lipinski definition) is 2. The molecule has 0 saturated heterocycles. The van der Waals surface area contributed by atoms with E-state index in [4.69, 9.17) is 17.3 Å². The number of halogens is 1. The Morgan fingerprint density at radius 3 is 2.58 bits per heavy atom. The van der Waals surface area contributed by atoms with Crippen molar-refractivity contribution >= 4 is 29.1 Å². The number of anilines is 1. The first-order chi connectivity index (χ1) is 9.15. The molecule has 0 radical (unpaired) electrons. The molecule has 3 N–H and O–H groups in total. The van der Waals surface area contributed by atoms with Gasteiger partial charge in [0.1, 0.15) is 0 Å². The molecule has 0 fully saturated rings. The first-order valence-electron chi connectivity index (χ1n) is 6.01. The van der Waals surface area contributed by atoms with Gasteiger partial charge in [0.15, 0.2) is 0 Å². The highest BCUT2D eigenvalue weighted by Crippen LogP contribution is 2.23. The van der Waals surface area contributed by atoms with Crippen molar-refractivity contribution in [3.05, 3.63) is 64.7 Å². The Kier molecular flexibility index (Phi) is 5.14. The minimum Gasteiger partial charge on any atom is -0.399 e. The first kappa shape index (κ1) is 14.3. The normalized spacial score (nSPS) is 12.3. The quantitative estimate of drug-likeness (QED) is 0.822. The summed E-state index contributed by atoms with van der Waals surface area (Å²) in [7, 11) is 0. The fourth-order valence-electron chi connectivity index (χ4n) is 1.73. The summed E-state index contributed by atoms with van der Waals surface area (Å²) in [4.78, 5) is 0. The molecule has 1 atom stereocenters. The summed E-state index contributed by atoms with van der Waals surface area (Å²) in [6, 6.07) is 15.1. The van der Waals surface area contributed by atoms with Crippen LogP contribution in [0.4, 0.5) is 5.69 Å². The van der Waals surface area contributed by atoms with Crippen LogP contribution in [0, 0.1) is 0 Å². The van der Waals surface area contributed by atoms with Crippen LogP contribution in [0.5, 0.6) is 0 Å². The second kappa shape index (κ2) is 6.85. The third kappa shape index (κ3) is 4.46. The number of hydrogen-bond acceptors (Lipinski definition) is 3. The Morgan fingerprint density at radius 1 is 1.16 bits per heavy atom. The summed E-state index contributed by atoms with van der Waals surface area (Å²) < 4.78 is 0. The molecule has 0 amide bonds. The summed E-state index contributed by atoms with van der Waals surface area (Å²) in [5, 5.41) is 10.8. The van der Waals surface area contributed by atoms with Crippen LogP contribution < -0.4 is 5.73 Å². The molecule has 1 unspecified atom stereocenters. The molecule has 4 heteroatoms. The summed E-state index contributed by atoms with van der Waals surface area (Å²) in [5.41, 5.74) is 8.45. The van der Waals surface area contributed by atoms with Crippen LogP contribution >= 0.6 is 23.4 Å². The third-order valence-electron chi connectivity index (χ3n) is 2.75. The van der Waals surface area contributed by atoms with Gasteiger partial charge in [-0.25, -0.2) is 0 Å². The lowest BCUT2D eigenvalue weighted by molar-refractivity contribution is 0.204.